The lowest BCUT2D eigenvalue weighted by atomic mass is 9.83. The molecule has 0 radical (unpaired) electrons. The fourth-order valence-corrected chi connectivity index (χ4v) is 4.96. The molecule has 0 bridgehead atoms. The van der Waals surface area contributed by atoms with Crippen molar-refractivity contribution in [3.05, 3.63) is 65.7 Å². The number of ether oxygens (including phenoxy) is 2. The Morgan fingerprint density at radius 2 is 1.81 bits per heavy atom. The van der Waals surface area contributed by atoms with Gasteiger partial charge in [-0.15, -0.1) is 0 Å². The minimum absolute atomic E-state index is 0.0240. The Labute approximate surface area is 183 Å². The molecule has 2 amide bonds. The largest absolute Gasteiger partial charge is 0.497 e. The van der Waals surface area contributed by atoms with Crippen molar-refractivity contribution in [1.29, 1.82) is 0 Å². The first-order valence-corrected chi connectivity index (χ1v) is 10.9. The third-order valence-corrected chi connectivity index (χ3v) is 6.52. The molecule has 164 valence electrons. The molecule has 2 aliphatic rings. The van der Waals surface area contributed by atoms with Crippen molar-refractivity contribution in [2.75, 3.05) is 33.9 Å². The number of hydrogen-bond donors (Lipinski definition) is 0. The summed E-state index contributed by atoms with van der Waals surface area (Å²) in [7, 11) is 3.19. The van der Waals surface area contributed by atoms with E-state index in [9.17, 15) is 9.59 Å². The maximum absolute atomic E-state index is 13.4. The van der Waals surface area contributed by atoms with Gasteiger partial charge in [0.25, 0.3) is 11.8 Å². The van der Waals surface area contributed by atoms with Crippen molar-refractivity contribution in [3.8, 4) is 5.75 Å². The van der Waals surface area contributed by atoms with Gasteiger partial charge in [-0.2, -0.15) is 0 Å². The van der Waals surface area contributed by atoms with Crippen LogP contribution in [-0.2, 0) is 9.53 Å². The highest BCUT2D eigenvalue weighted by Crippen LogP contribution is 2.34. The zero-order valence-corrected chi connectivity index (χ0v) is 18.2. The quantitative estimate of drug-likeness (QED) is 0.740. The second-order valence-electron chi connectivity index (χ2n) is 8.30. The average molecular weight is 423 g/mol. The van der Waals surface area contributed by atoms with E-state index in [0.717, 1.165) is 31.4 Å². The number of amides is 2. The normalized spacial score (nSPS) is 21.9. The first-order chi connectivity index (χ1) is 15.1. The molecule has 2 aromatic carbocycles. The molecule has 0 aliphatic carbocycles. The van der Waals surface area contributed by atoms with Crippen LogP contribution in [-0.4, -0.2) is 61.5 Å². The van der Waals surface area contributed by atoms with Gasteiger partial charge in [-0.1, -0.05) is 36.4 Å². The minimum Gasteiger partial charge on any atom is -0.497 e. The summed E-state index contributed by atoms with van der Waals surface area (Å²) in [6.07, 6.45) is 2.17. The number of rotatable bonds is 5. The minimum atomic E-state index is -0.587. The highest BCUT2D eigenvalue weighted by molar-refractivity contribution is 5.94. The molecule has 6 heteroatoms. The smallest absolute Gasteiger partial charge is 0.256 e. The lowest BCUT2D eigenvalue weighted by molar-refractivity contribution is -0.149. The molecule has 2 saturated heterocycles. The Kier molecular flexibility index (Phi) is 6.56. The van der Waals surface area contributed by atoms with E-state index in [2.05, 4.69) is 0 Å². The van der Waals surface area contributed by atoms with Gasteiger partial charge in [0.2, 0.25) is 0 Å². The summed E-state index contributed by atoms with van der Waals surface area (Å²) in [5.41, 5.74) is 1.52. The molecular weight excluding hydrogens is 392 g/mol. The first-order valence-electron chi connectivity index (χ1n) is 10.9. The number of fused-ring (bicyclic) bond motifs is 1. The predicted molar refractivity (Wildman–Crippen MR) is 118 cm³/mol. The molecule has 0 saturated carbocycles. The second-order valence-corrected chi connectivity index (χ2v) is 8.30. The number of hydrogen-bond acceptors (Lipinski definition) is 4. The number of likely N-dealkylation sites (tertiary alicyclic amines) is 2. The molecule has 0 aromatic heterocycles. The van der Waals surface area contributed by atoms with Crippen LogP contribution in [0.25, 0.3) is 0 Å². The molecular formula is C25H30N2O4. The molecule has 4 rings (SSSR count). The van der Waals surface area contributed by atoms with Crippen molar-refractivity contribution < 1.29 is 19.1 Å². The summed E-state index contributed by atoms with van der Waals surface area (Å²) in [6.45, 7) is 2.06. The number of carbonyl (C=O) groups is 2. The summed E-state index contributed by atoms with van der Waals surface area (Å²) in [6, 6.07) is 17.1. The first kappa shape index (κ1) is 21.4. The van der Waals surface area contributed by atoms with Gasteiger partial charge in [0.05, 0.1) is 7.11 Å². The van der Waals surface area contributed by atoms with Crippen molar-refractivity contribution in [1.82, 2.24) is 9.80 Å². The maximum Gasteiger partial charge on any atom is 0.256 e. The van der Waals surface area contributed by atoms with E-state index < -0.39 is 6.10 Å². The summed E-state index contributed by atoms with van der Waals surface area (Å²) in [5.74, 6) is 1.02. The van der Waals surface area contributed by atoms with Crippen LogP contribution in [0.15, 0.2) is 54.6 Å². The van der Waals surface area contributed by atoms with Gasteiger partial charge >= 0.3 is 0 Å². The lowest BCUT2D eigenvalue weighted by Crippen LogP contribution is -2.57. The van der Waals surface area contributed by atoms with Crippen LogP contribution in [0.1, 0.15) is 41.3 Å². The fraction of sp³-hybridized carbons (Fsp3) is 0.440. The zero-order valence-electron chi connectivity index (χ0n) is 18.2. The predicted octanol–water partition coefficient (Wildman–Crippen LogP) is 3.54. The lowest BCUT2D eigenvalue weighted by Gasteiger charge is -2.48. The number of methoxy groups -OCH3 is 2. The highest BCUT2D eigenvalue weighted by Gasteiger charge is 2.41. The van der Waals surface area contributed by atoms with E-state index in [0.29, 0.717) is 24.4 Å². The molecule has 2 aliphatic heterocycles. The van der Waals surface area contributed by atoms with Gasteiger partial charge in [-0.3, -0.25) is 9.59 Å². The zero-order chi connectivity index (χ0) is 21.8. The van der Waals surface area contributed by atoms with E-state index in [1.807, 2.05) is 58.3 Å². The van der Waals surface area contributed by atoms with Gasteiger partial charge in [-0.25, -0.2) is 0 Å². The van der Waals surface area contributed by atoms with E-state index in [1.165, 1.54) is 0 Å². The number of benzene rings is 2. The van der Waals surface area contributed by atoms with Crippen LogP contribution >= 0.6 is 0 Å². The van der Waals surface area contributed by atoms with Gasteiger partial charge < -0.3 is 19.3 Å². The molecule has 2 heterocycles. The van der Waals surface area contributed by atoms with Crippen LogP contribution < -0.4 is 4.74 Å². The molecule has 1 unspecified atom stereocenters. The van der Waals surface area contributed by atoms with Crippen molar-refractivity contribution in [2.24, 2.45) is 5.92 Å². The Balaban J connectivity index is 1.47. The third kappa shape index (κ3) is 4.44. The van der Waals surface area contributed by atoms with Crippen molar-refractivity contribution in [3.63, 3.8) is 0 Å². The topological polar surface area (TPSA) is 59.1 Å². The van der Waals surface area contributed by atoms with E-state index >= 15 is 0 Å². The molecule has 3 atom stereocenters. The van der Waals surface area contributed by atoms with Gasteiger partial charge in [0.1, 0.15) is 5.75 Å². The van der Waals surface area contributed by atoms with Crippen LogP contribution in [0, 0.1) is 5.92 Å². The molecule has 0 spiro atoms. The van der Waals surface area contributed by atoms with Gasteiger partial charge in [-0.05, 0) is 48.9 Å². The summed E-state index contributed by atoms with van der Waals surface area (Å²) in [5, 5.41) is 0. The Morgan fingerprint density at radius 3 is 2.55 bits per heavy atom. The van der Waals surface area contributed by atoms with Gasteiger partial charge in [0, 0.05) is 38.3 Å². The molecule has 2 aromatic rings. The number of nitrogens with zero attached hydrogens (tertiary/aromatic N) is 2. The Morgan fingerprint density at radius 1 is 1.00 bits per heavy atom. The third-order valence-electron chi connectivity index (χ3n) is 6.52. The number of carbonyl (C=O) groups excluding carboxylic acids is 2. The molecule has 31 heavy (non-hydrogen) atoms. The van der Waals surface area contributed by atoms with Crippen LogP contribution in [0.3, 0.4) is 0 Å². The summed E-state index contributed by atoms with van der Waals surface area (Å²) >= 11 is 0. The van der Waals surface area contributed by atoms with E-state index in [4.69, 9.17) is 9.47 Å². The Bertz CT molecular complexity index is 917. The molecule has 6 nitrogen and oxygen atoms in total. The average Bonchev–Trinajstić information content (AvgIpc) is 2.84. The van der Waals surface area contributed by atoms with Crippen molar-refractivity contribution >= 4 is 11.8 Å². The Hall–Kier alpha value is -2.86. The fourth-order valence-electron chi connectivity index (χ4n) is 4.96. The summed E-state index contributed by atoms with van der Waals surface area (Å²) < 4.78 is 10.9. The SMILES string of the molecule is COc1cccc(C(=O)N2CC[C@@H]3[C@H](CCCN3C(=O)C(OC)c3ccccc3)C2)c1. The highest BCUT2D eigenvalue weighted by atomic mass is 16.5. The monoisotopic (exact) mass is 422 g/mol. The molecule has 0 N–H and O–H groups in total. The molecule has 2 fully saturated rings. The standard InChI is InChI=1S/C25H30N2O4/c1-30-21-12-6-10-19(16-21)24(28)26-15-13-22-20(17-26)11-7-14-27(22)25(29)23(31-2)18-8-4-3-5-9-18/h3-6,8-10,12,16,20,22-23H,7,11,13-15,17H2,1-2H3/t20-,22-,23?/m1/s1. The summed E-state index contributed by atoms with van der Waals surface area (Å²) in [4.78, 5) is 30.4. The van der Waals surface area contributed by atoms with E-state index in [1.54, 1.807) is 20.3 Å². The van der Waals surface area contributed by atoms with Gasteiger partial charge in [0.15, 0.2) is 6.10 Å². The van der Waals surface area contributed by atoms with Crippen LogP contribution in [0.4, 0.5) is 0 Å². The van der Waals surface area contributed by atoms with Crippen LogP contribution in [0.2, 0.25) is 0 Å². The number of piperidine rings is 2. The van der Waals surface area contributed by atoms with Crippen LogP contribution in [0.5, 0.6) is 5.75 Å². The second kappa shape index (κ2) is 9.52. The van der Waals surface area contributed by atoms with E-state index in [-0.39, 0.29) is 23.8 Å². The maximum atomic E-state index is 13.4. The van der Waals surface area contributed by atoms with Crippen molar-refractivity contribution in [2.45, 2.75) is 31.4 Å².